The summed E-state index contributed by atoms with van der Waals surface area (Å²) in [5.74, 6) is 2.12. The van der Waals surface area contributed by atoms with Gasteiger partial charge in [-0.1, -0.05) is 27.2 Å². The third-order valence-corrected chi connectivity index (χ3v) is 7.11. The Morgan fingerprint density at radius 2 is 1.90 bits per heavy atom. The molecule has 0 aromatic rings. The molecule has 0 aromatic heterocycles. The SMILES string of the molecule is CCC(C)(C)C1CCC(CN)(N(C)C(C)CCSC)CC1. The largest absolute Gasteiger partial charge is 0.329 e. The van der Waals surface area contributed by atoms with Crippen molar-refractivity contribution in [1.82, 2.24) is 4.90 Å². The summed E-state index contributed by atoms with van der Waals surface area (Å²) < 4.78 is 0. The van der Waals surface area contributed by atoms with Crippen LogP contribution in [0.2, 0.25) is 0 Å². The lowest BCUT2D eigenvalue weighted by atomic mass is 9.65. The minimum Gasteiger partial charge on any atom is -0.329 e. The highest BCUT2D eigenvalue weighted by Crippen LogP contribution is 2.45. The van der Waals surface area contributed by atoms with Crippen LogP contribution in [0.3, 0.4) is 0 Å². The quantitative estimate of drug-likeness (QED) is 0.721. The molecule has 1 saturated carbocycles. The molecule has 0 aromatic carbocycles. The molecular weight excluding hydrogens is 276 g/mol. The van der Waals surface area contributed by atoms with E-state index in [4.69, 9.17) is 5.73 Å². The van der Waals surface area contributed by atoms with Gasteiger partial charge in [-0.05, 0) is 69.4 Å². The predicted molar refractivity (Wildman–Crippen MR) is 98.0 cm³/mol. The monoisotopic (exact) mass is 314 g/mol. The maximum Gasteiger partial charge on any atom is 0.0331 e. The second-order valence-electron chi connectivity index (χ2n) is 7.79. The van der Waals surface area contributed by atoms with Crippen molar-refractivity contribution in [2.24, 2.45) is 17.1 Å². The third kappa shape index (κ3) is 4.62. The van der Waals surface area contributed by atoms with Gasteiger partial charge in [-0.25, -0.2) is 0 Å². The Bertz CT molecular complexity index is 296. The average Bonchev–Trinajstić information content (AvgIpc) is 2.51. The van der Waals surface area contributed by atoms with Gasteiger partial charge in [0.25, 0.3) is 0 Å². The van der Waals surface area contributed by atoms with Crippen molar-refractivity contribution >= 4 is 11.8 Å². The van der Waals surface area contributed by atoms with E-state index >= 15 is 0 Å². The van der Waals surface area contributed by atoms with Gasteiger partial charge in [0.15, 0.2) is 0 Å². The fourth-order valence-corrected chi connectivity index (χ4v) is 4.45. The van der Waals surface area contributed by atoms with Crippen LogP contribution in [0, 0.1) is 11.3 Å². The lowest BCUT2D eigenvalue weighted by Gasteiger charge is -2.51. The number of hydrogen-bond acceptors (Lipinski definition) is 3. The van der Waals surface area contributed by atoms with E-state index in [0.29, 0.717) is 11.5 Å². The predicted octanol–water partition coefficient (Wildman–Crippen LogP) is 4.38. The molecule has 0 spiro atoms. The summed E-state index contributed by atoms with van der Waals surface area (Å²) >= 11 is 1.95. The molecule has 0 saturated heterocycles. The molecule has 1 unspecified atom stereocenters. The van der Waals surface area contributed by atoms with Crippen LogP contribution >= 0.6 is 11.8 Å². The van der Waals surface area contributed by atoms with E-state index in [2.05, 4.69) is 45.9 Å². The molecule has 1 aliphatic rings. The fourth-order valence-electron chi connectivity index (χ4n) is 3.88. The van der Waals surface area contributed by atoms with Gasteiger partial charge in [-0.2, -0.15) is 11.8 Å². The van der Waals surface area contributed by atoms with E-state index in [1.807, 2.05) is 11.8 Å². The number of hydrogen-bond donors (Lipinski definition) is 1. The first-order valence-corrected chi connectivity index (χ1v) is 10.1. The molecule has 1 fully saturated rings. The number of nitrogens with two attached hydrogens (primary N) is 1. The Kier molecular flexibility index (Phi) is 7.56. The van der Waals surface area contributed by atoms with Crippen LogP contribution in [-0.2, 0) is 0 Å². The summed E-state index contributed by atoms with van der Waals surface area (Å²) in [6.45, 7) is 10.4. The van der Waals surface area contributed by atoms with Gasteiger partial charge in [0.1, 0.15) is 0 Å². The van der Waals surface area contributed by atoms with Crippen molar-refractivity contribution < 1.29 is 0 Å². The van der Waals surface area contributed by atoms with Gasteiger partial charge >= 0.3 is 0 Å². The Hall–Kier alpha value is 0.270. The van der Waals surface area contributed by atoms with Crippen molar-refractivity contribution in [3.05, 3.63) is 0 Å². The highest BCUT2D eigenvalue weighted by molar-refractivity contribution is 7.98. The smallest absolute Gasteiger partial charge is 0.0331 e. The van der Waals surface area contributed by atoms with Crippen LogP contribution in [0.5, 0.6) is 0 Å². The minimum absolute atomic E-state index is 0.248. The van der Waals surface area contributed by atoms with Gasteiger partial charge in [0, 0.05) is 18.1 Å². The van der Waals surface area contributed by atoms with E-state index in [-0.39, 0.29) is 5.54 Å². The Morgan fingerprint density at radius 1 is 1.33 bits per heavy atom. The van der Waals surface area contributed by atoms with Crippen molar-refractivity contribution in [3.63, 3.8) is 0 Å². The molecule has 126 valence electrons. The summed E-state index contributed by atoms with van der Waals surface area (Å²) in [5, 5.41) is 0. The minimum atomic E-state index is 0.248. The molecule has 2 nitrogen and oxygen atoms in total. The fraction of sp³-hybridized carbons (Fsp3) is 1.00. The van der Waals surface area contributed by atoms with E-state index in [1.54, 1.807) is 0 Å². The van der Waals surface area contributed by atoms with Crippen molar-refractivity contribution in [3.8, 4) is 0 Å². The summed E-state index contributed by atoms with van der Waals surface area (Å²) in [5.41, 5.74) is 6.98. The average molecular weight is 315 g/mol. The Morgan fingerprint density at radius 3 is 2.33 bits per heavy atom. The van der Waals surface area contributed by atoms with Crippen LogP contribution in [0.15, 0.2) is 0 Å². The first-order chi connectivity index (χ1) is 9.83. The summed E-state index contributed by atoms with van der Waals surface area (Å²) in [4.78, 5) is 2.61. The van der Waals surface area contributed by atoms with Gasteiger partial charge in [-0.15, -0.1) is 0 Å². The summed E-state index contributed by atoms with van der Waals surface area (Å²) in [6.07, 6.45) is 9.99. The number of rotatable bonds is 8. The Balaban J connectivity index is 2.67. The molecule has 1 aliphatic carbocycles. The van der Waals surface area contributed by atoms with Gasteiger partial charge < -0.3 is 5.73 Å². The lowest BCUT2D eigenvalue weighted by molar-refractivity contribution is 0.0110. The highest BCUT2D eigenvalue weighted by Gasteiger charge is 2.42. The molecule has 1 rings (SSSR count). The molecule has 0 heterocycles. The van der Waals surface area contributed by atoms with Crippen LogP contribution in [0.25, 0.3) is 0 Å². The van der Waals surface area contributed by atoms with Crippen molar-refractivity contribution in [1.29, 1.82) is 0 Å². The molecule has 0 amide bonds. The standard InChI is InChI=1S/C18H38N2S/c1-7-17(3,4)16-8-11-18(14-19,12-9-16)20(5)15(2)10-13-21-6/h15-16H,7-14,19H2,1-6H3. The summed E-state index contributed by atoms with van der Waals surface area (Å²) in [6, 6.07) is 0.636. The molecule has 2 N–H and O–H groups in total. The second-order valence-corrected chi connectivity index (χ2v) is 8.77. The first kappa shape index (κ1) is 19.3. The number of thioether (sulfide) groups is 1. The van der Waals surface area contributed by atoms with Crippen LogP contribution in [0.1, 0.15) is 66.2 Å². The van der Waals surface area contributed by atoms with Crippen LogP contribution in [0.4, 0.5) is 0 Å². The van der Waals surface area contributed by atoms with Gasteiger partial charge in [-0.3, -0.25) is 4.90 Å². The van der Waals surface area contributed by atoms with Crippen molar-refractivity contribution in [2.45, 2.75) is 77.8 Å². The van der Waals surface area contributed by atoms with E-state index in [9.17, 15) is 0 Å². The van der Waals surface area contributed by atoms with E-state index < -0.39 is 0 Å². The molecular formula is C18H38N2S. The molecule has 0 bridgehead atoms. The summed E-state index contributed by atoms with van der Waals surface area (Å²) in [7, 11) is 2.31. The zero-order chi connectivity index (χ0) is 16.1. The zero-order valence-electron chi connectivity index (χ0n) is 15.2. The van der Waals surface area contributed by atoms with Crippen molar-refractivity contribution in [2.75, 3.05) is 25.6 Å². The molecule has 0 radical (unpaired) electrons. The van der Waals surface area contributed by atoms with Crippen LogP contribution in [-0.4, -0.2) is 42.1 Å². The normalized spacial score (nSPS) is 28.9. The van der Waals surface area contributed by atoms with E-state index in [1.165, 1.54) is 44.3 Å². The topological polar surface area (TPSA) is 29.3 Å². The first-order valence-electron chi connectivity index (χ1n) is 8.75. The molecule has 0 aliphatic heterocycles. The zero-order valence-corrected chi connectivity index (χ0v) is 16.1. The van der Waals surface area contributed by atoms with Gasteiger partial charge in [0.05, 0.1) is 0 Å². The van der Waals surface area contributed by atoms with Crippen LogP contribution < -0.4 is 5.73 Å². The highest BCUT2D eigenvalue weighted by atomic mass is 32.2. The molecule has 21 heavy (non-hydrogen) atoms. The maximum atomic E-state index is 6.25. The number of nitrogens with zero attached hydrogens (tertiary/aromatic N) is 1. The number of likely N-dealkylation sites (N-methyl/N-ethyl adjacent to an activating group) is 1. The third-order valence-electron chi connectivity index (χ3n) is 6.46. The van der Waals surface area contributed by atoms with Gasteiger partial charge in [0.2, 0.25) is 0 Å². The maximum absolute atomic E-state index is 6.25. The second kappa shape index (κ2) is 8.21. The molecule has 1 atom stereocenters. The van der Waals surface area contributed by atoms with E-state index in [0.717, 1.165) is 12.5 Å². The molecule has 3 heteroatoms. The lowest BCUT2D eigenvalue weighted by Crippen LogP contribution is -2.57. The Labute approximate surface area is 137 Å².